The van der Waals surface area contributed by atoms with Crippen molar-refractivity contribution in [2.24, 2.45) is 11.7 Å². The van der Waals surface area contributed by atoms with Crippen LogP contribution in [0.5, 0.6) is 0 Å². The fourth-order valence-corrected chi connectivity index (χ4v) is 4.06. The number of carbonyl (C=O) groups is 2. The Morgan fingerprint density at radius 3 is 2.27 bits per heavy atom. The first-order valence-corrected chi connectivity index (χ1v) is 9.04. The first-order valence-electron chi connectivity index (χ1n) is 9.04. The van der Waals surface area contributed by atoms with Crippen LogP contribution in [0.25, 0.3) is 11.1 Å². The number of hydrogen-bond donors (Lipinski definition) is 1. The summed E-state index contributed by atoms with van der Waals surface area (Å²) in [4.78, 5) is 25.5. The zero-order chi connectivity index (χ0) is 18.1. The van der Waals surface area contributed by atoms with E-state index in [2.05, 4.69) is 24.3 Å². The minimum absolute atomic E-state index is 0.0445. The number of carbonyl (C=O) groups excluding carboxylic acids is 2. The average molecular weight is 350 g/mol. The summed E-state index contributed by atoms with van der Waals surface area (Å²) in [6.07, 6.45) is 1.15. The third-order valence-corrected chi connectivity index (χ3v) is 5.42. The normalized spacial score (nSPS) is 18.9. The van der Waals surface area contributed by atoms with Crippen LogP contribution in [0, 0.1) is 5.92 Å². The Kier molecular flexibility index (Phi) is 4.37. The van der Waals surface area contributed by atoms with E-state index in [4.69, 9.17) is 10.5 Å². The van der Waals surface area contributed by atoms with Crippen LogP contribution < -0.4 is 5.73 Å². The van der Waals surface area contributed by atoms with Gasteiger partial charge in [0, 0.05) is 19.0 Å². The number of nitrogens with zero attached hydrogens (tertiary/aromatic N) is 1. The number of benzene rings is 2. The van der Waals surface area contributed by atoms with Gasteiger partial charge in [0.25, 0.3) is 0 Å². The van der Waals surface area contributed by atoms with Crippen LogP contribution in [0.4, 0.5) is 4.79 Å². The monoisotopic (exact) mass is 350 g/mol. The van der Waals surface area contributed by atoms with Gasteiger partial charge in [0.1, 0.15) is 6.61 Å². The van der Waals surface area contributed by atoms with Gasteiger partial charge in [0.05, 0.1) is 5.92 Å². The lowest BCUT2D eigenvalue weighted by Gasteiger charge is -2.30. The maximum Gasteiger partial charge on any atom is 0.409 e. The fourth-order valence-electron chi connectivity index (χ4n) is 4.06. The number of piperidine rings is 1. The van der Waals surface area contributed by atoms with Gasteiger partial charge in [-0.05, 0) is 35.1 Å². The van der Waals surface area contributed by atoms with Crippen LogP contribution in [0.1, 0.15) is 29.9 Å². The minimum Gasteiger partial charge on any atom is -0.448 e. The average Bonchev–Trinajstić information content (AvgIpc) is 3.00. The molecule has 0 bridgehead atoms. The second-order valence-corrected chi connectivity index (χ2v) is 6.99. The Morgan fingerprint density at radius 1 is 1.04 bits per heavy atom. The lowest BCUT2D eigenvalue weighted by molar-refractivity contribution is -0.123. The van der Waals surface area contributed by atoms with Crippen molar-refractivity contribution in [3.05, 3.63) is 59.7 Å². The number of ether oxygens (including phenoxy) is 1. The largest absolute Gasteiger partial charge is 0.448 e. The van der Waals surface area contributed by atoms with Gasteiger partial charge in [0.2, 0.25) is 5.91 Å². The molecule has 1 aliphatic carbocycles. The van der Waals surface area contributed by atoms with E-state index in [1.165, 1.54) is 22.3 Å². The van der Waals surface area contributed by atoms with Crippen LogP contribution >= 0.6 is 0 Å². The van der Waals surface area contributed by atoms with Crippen molar-refractivity contribution < 1.29 is 14.3 Å². The predicted molar refractivity (Wildman–Crippen MR) is 98.6 cm³/mol. The second kappa shape index (κ2) is 6.83. The highest BCUT2D eigenvalue weighted by Gasteiger charge is 2.31. The van der Waals surface area contributed by atoms with E-state index in [1.54, 1.807) is 4.90 Å². The van der Waals surface area contributed by atoms with Gasteiger partial charge in [0.15, 0.2) is 0 Å². The summed E-state index contributed by atoms with van der Waals surface area (Å²) >= 11 is 0. The third-order valence-electron chi connectivity index (χ3n) is 5.42. The van der Waals surface area contributed by atoms with Crippen LogP contribution in [-0.2, 0) is 9.53 Å². The molecular weight excluding hydrogens is 328 g/mol. The molecule has 26 heavy (non-hydrogen) atoms. The van der Waals surface area contributed by atoms with E-state index in [0.29, 0.717) is 19.7 Å². The highest BCUT2D eigenvalue weighted by molar-refractivity contribution is 5.79. The van der Waals surface area contributed by atoms with E-state index in [1.807, 2.05) is 24.3 Å². The zero-order valence-electron chi connectivity index (χ0n) is 14.6. The fraction of sp³-hybridized carbons (Fsp3) is 0.333. The molecule has 2 N–H and O–H groups in total. The summed E-state index contributed by atoms with van der Waals surface area (Å²) in [6, 6.07) is 16.5. The Balaban J connectivity index is 1.48. The molecule has 1 heterocycles. The molecule has 0 spiro atoms. The summed E-state index contributed by atoms with van der Waals surface area (Å²) in [5.41, 5.74) is 10.2. The Bertz CT molecular complexity index is 803. The molecule has 2 aliphatic rings. The molecule has 2 amide bonds. The molecular formula is C21H22N2O3. The number of amides is 2. The van der Waals surface area contributed by atoms with Gasteiger partial charge in [-0.3, -0.25) is 4.79 Å². The molecule has 0 saturated carbocycles. The van der Waals surface area contributed by atoms with Gasteiger partial charge >= 0.3 is 6.09 Å². The highest BCUT2D eigenvalue weighted by atomic mass is 16.6. The maximum atomic E-state index is 12.5. The number of nitrogens with two attached hydrogens (primary N) is 1. The van der Waals surface area contributed by atoms with Crippen molar-refractivity contribution in [2.45, 2.75) is 18.8 Å². The van der Waals surface area contributed by atoms with Crippen LogP contribution in [0.3, 0.4) is 0 Å². The topological polar surface area (TPSA) is 72.6 Å². The lowest BCUT2D eigenvalue weighted by Crippen LogP contribution is -2.44. The number of fused-ring (bicyclic) bond motifs is 3. The van der Waals surface area contributed by atoms with E-state index in [0.717, 1.165) is 12.8 Å². The van der Waals surface area contributed by atoms with E-state index < -0.39 is 0 Å². The lowest BCUT2D eigenvalue weighted by atomic mass is 9.97. The van der Waals surface area contributed by atoms with Gasteiger partial charge in [-0.25, -0.2) is 4.79 Å². The number of rotatable bonds is 3. The van der Waals surface area contributed by atoms with E-state index in [-0.39, 0.29) is 23.8 Å². The molecule has 1 atom stereocenters. The SMILES string of the molecule is NC(=O)C1CCCN(C(=O)OCC2c3ccccc3-c3ccccc32)C1. The molecule has 5 heteroatoms. The van der Waals surface area contributed by atoms with Crippen LogP contribution in [0.15, 0.2) is 48.5 Å². The first kappa shape index (κ1) is 16.6. The van der Waals surface area contributed by atoms with Gasteiger partial charge in [-0.1, -0.05) is 48.5 Å². The second-order valence-electron chi connectivity index (χ2n) is 6.99. The molecule has 2 aromatic carbocycles. The first-order chi connectivity index (χ1) is 12.6. The smallest absolute Gasteiger partial charge is 0.409 e. The zero-order valence-corrected chi connectivity index (χ0v) is 14.6. The van der Waals surface area contributed by atoms with Crippen molar-refractivity contribution in [1.29, 1.82) is 0 Å². The highest BCUT2D eigenvalue weighted by Crippen LogP contribution is 2.44. The molecule has 1 unspecified atom stereocenters. The molecule has 2 aromatic rings. The quantitative estimate of drug-likeness (QED) is 0.924. The molecule has 1 fully saturated rings. The third kappa shape index (κ3) is 2.94. The minimum atomic E-state index is -0.363. The van der Waals surface area contributed by atoms with Crippen molar-refractivity contribution in [1.82, 2.24) is 4.90 Å². The van der Waals surface area contributed by atoms with Crippen LogP contribution in [-0.4, -0.2) is 36.6 Å². The Morgan fingerprint density at radius 2 is 1.65 bits per heavy atom. The molecule has 5 nitrogen and oxygen atoms in total. The molecule has 0 aromatic heterocycles. The number of primary amides is 1. The molecule has 4 rings (SSSR count). The van der Waals surface area contributed by atoms with Crippen molar-refractivity contribution >= 4 is 12.0 Å². The Labute approximate surface area is 152 Å². The number of hydrogen-bond acceptors (Lipinski definition) is 3. The summed E-state index contributed by atoms with van der Waals surface area (Å²) < 4.78 is 5.64. The number of likely N-dealkylation sites (tertiary alicyclic amines) is 1. The van der Waals surface area contributed by atoms with Crippen molar-refractivity contribution in [2.75, 3.05) is 19.7 Å². The van der Waals surface area contributed by atoms with Crippen molar-refractivity contribution in [3.8, 4) is 11.1 Å². The van der Waals surface area contributed by atoms with E-state index in [9.17, 15) is 9.59 Å². The van der Waals surface area contributed by atoms with Gasteiger partial charge < -0.3 is 15.4 Å². The Hall–Kier alpha value is -2.82. The predicted octanol–water partition coefficient (Wildman–Crippen LogP) is 3.13. The summed E-state index contributed by atoms with van der Waals surface area (Å²) in [5, 5.41) is 0. The molecule has 1 aliphatic heterocycles. The maximum absolute atomic E-state index is 12.5. The van der Waals surface area contributed by atoms with Crippen molar-refractivity contribution in [3.63, 3.8) is 0 Å². The molecule has 0 radical (unpaired) electrons. The van der Waals surface area contributed by atoms with Crippen LogP contribution in [0.2, 0.25) is 0 Å². The summed E-state index contributed by atoms with van der Waals surface area (Å²) in [7, 11) is 0. The molecule has 1 saturated heterocycles. The molecule has 134 valence electrons. The standard InChI is InChI=1S/C21H22N2O3/c22-20(24)14-6-5-11-23(12-14)21(25)26-13-19-17-9-3-1-7-15(17)16-8-2-4-10-18(16)19/h1-4,7-10,14,19H,5-6,11-13H2,(H2,22,24). The van der Waals surface area contributed by atoms with Gasteiger partial charge in [-0.15, -0.1) is 0 Å². The van der Waals surface area contributed by atoms with Gasteiger partial charge in [-0.2, -0.15) is 0 Å². The van der Waals surface area contributed by atoms with E-state index >= 15 is 0 Å². The summed E-state index contributed by atoms with van der Waals surface area (Å²) in [6.45, 7) is 1.26. The summed E-state index contributed by atoms with van der Waals surface area (Å²) in [5.74, 6) is -0.576.